The maximum atomic E-state index is 12.3. The molecule has 7 heteroatoms. The van der Waals surface area contributed by atoms with E-state index in [1.54, 1.807) is 37.6 Å². The van der Waals surface area contributed by atoms with Crippen molar-refractivity contribution in [1.29, 1.82) is 0 Å². The molecular formula is C22H18ClN3O3. The molecule has 0 aliphatic carbocycles. The van der Waals surface area contributed by atoms with E-state index in [1.807, 2.05) is 47.9 Å². The number of hydrazone groups is 1. The topological polar surface area (TPSA) is 68.8 Å². The Bertz CT molecular complexity index is 1210. The Hall–Kier alpha value is -3.51. The second kappa shape index (κ2) is 7.85. The first-order valence-corrected chi connectivity index (χ1v) is 9.28. The summed E-state index contributed by atoms with van der Waals surface area (Å²) in [6.07, 6.45) is 1.59. The average Bonchev–Trinajstić information content (AvgIpc) is 3.31. The Morgan fingerprint density at radius 3 is 2.69 bits per heavy atom. The van der Waals surface area contributed by atoms with Crippen LogP contribution in [0.5, 0.6) is 5.75 Å². The van der Waals surface area contributed by atoms with E-state index in [-0.39, 0.29) is 5.76 Å². The molecule has 146 valence electrons. The highest BCUT2D eigenvalue weighted by atomic mass is 35.5. The zero-order valence-corrected chi connectivity index (χ0v) is 16.6. The number of methoxy groups -OCH3 is 1. The number of carbonyl (C=O) groups excluding carboxylic acids is 1. The predicted octanol–water partition coefficient (Wildman–Crippen LogP) is 4.96. The predicted molar refractivity (Wildman–Crippen MR) is 113 cm³/mol. The molecule has 2 heterocycles. The zero-order chi connectivity index (χ0) is 20.4. The van der Waals surface area contributed by atoms with Gasteiger partial charge in [0.1, 0.15) is 11.3 Å². The number of fused-ring (bicyclic) bond motifs is 1. The number of nitrogens with one attached hydrogen (secondary N) is 1. The first kappa shape index (κ1) is 18.8. The van der Waals surface area contributed by atoms with Crippen molar-refractivity contribution in [3.8, 4) is 11.4 Å². The lowest BCUT2D eigenvalue weighted by Crippen LogP contribution is -2.17. The van der Waals surface area contributed by atoms with E-state index in [0.717, 1.165) is 28.2 Å². The molecule has 0 atom stereocenters. The quantitative estimate of drug-likeness (QED) is 0.375. The van der Waals surface area contributed by atoms with E-state index >= 15 is 0 Å². The number of amides is 1. The van der Waals surface area contributed by atoms with Gasteiger partial charge >= 0.3 is 5.91 Å². The number of aromatic nitrogens is 1. The van der Waals surface area contributed by atoms with Crippen molar-refractivity contribution in [3.63, 3.8) is 0 Å². The largest absolute Gasteiger partial charge is 0.497 e. The van der Waals surface area contributed by atoms with Crippen LogP contribution in [0.3, 0.4) is 0 Å². The highest BCUT2D eigenvalue weighted by molar-refractivity contribution is 6.31. The molecule has 0 unspecified atom stereocenters. The minimum absolute atomic E-state index is 0.168. The third-order valence-corrected chi connectivity index (χ3v) is 4.74. The van der Waals surface area contributed by atoms with E-state index in [4.69, 9.17) is 20.8 Å². The molecule has 0 spiro atoms. The molecule has 0 radical (unpaired) electrons. The Morgan fingerprint density at radius 2 is 1.93 bits per heavy atom. The first-order valence-electron chi connectivity index (χ1n) is 8.90. The molecule has 4 rings (SSSR count). The van der Waals surface area contributed by atoms with Crippen molar-refractivity contribution in [3.05, 3.63) is 82.8 Å². The highest BCUT2D eigenvalue weighted by Crippen LogP contribution is 2.23. The van der Waals surface area contributed by atoms with E-state index in [1.165, 1.54) is 0 Å². The number of carbonyl (C=O) groups is 1. The second-order valence-corrected chi connectivity index (χ2v) is 6.86. The molecule has 0 saturated heterocycles. The lowest BCUT2D eigenvalue weighted by atomic mass is 10.2. The summed E-state index contributed by atoms with van der Waals surface area (Å²) in [7, 11) is 1.63. The minimum atomic E-state index is -0.437. The number of nitrogens with zero attached hydrogens (tertiary/aromatic N) is 2. The number of benzene rings is 2. The van der Waals surface area contributed by atoms with E-state index in [9.17, 15) is 4.79 Å². The normalized spacial score (nSPS) is 11.3. The van der Waals surface area contributed by atoms with Gasteiger partial charge in [-0.1, -0.05) is 11.6 Å². The van der Waals surface area contributed by atoms with Crippen molar-refractivity contribution in [1.82, 2.24) is 9.99 Å². The molecule has 0 fully saturated rings. The van der Waals surface area contributed by atoms with Crippen molar-refractivity contribution in [2.45, 2.75) is 6.92 Å². The summed E-state index contributed by atoms with van der Waals surface area (Å²) in [5.41, 5.74) is 5.92. The summed E-state index contributed by atoms with van der Waals surface area (Å²) in [6, 6.07) is 18.4. The second-order valence-electron chi connectivity index (χ2n) is 6.42. The van der Waals surface area contributed by atoms with Crippen molar-refractivity contribution in [2.75, 3.05) is 7.11 Å². The molecule has 2 aromatic carbocycles. The van der Waals surface area contributed by atoms with Crippen LogP contribution in [-0.2, 0) is 0 Å². The number of halogens is 1. The molecule has 1 amide bonds. The summed E-state index contributed by atoms with van der Waals surface area (Å²) in [6.45, 7) is 2.00. The molecule has 6 nitrogen and oxygen atoms in total. The third kappa shape index (κ3) is 3.88. The van der Waals surface area contributed by atoms with Crippen LogP contribution in [0.4, 0.5) is 0 Å². The summed E-state index contributed by atoms with van der Waals surface area (Å²) >= 11 is 5.97. The molecule has 2 aromatic heterocycles. The van der Waals surface area contributed by atoms with Gasteiger partial charge in [-0.05, 0) is 67.6 Å². The molecule has 0 aliphatic heterocycles. The van der Waals surface area contributed by atoms with Crippen LogP contribution in [0.2, 0.25) is 5.02 Å². The smallest absolute Gasteiger partial charge is 0.307 e. The van der Waals surface area contributed by atoms with E-state index in [0.29, 0.717) is 10.6 Å². The van der Waals surface area contributed by atoms with Crippen molar-refractivity contribution >= 4 is 34.7 Å². The third-order valence-electron chi connectivity index (χ3n) is 4.50. The average molecular weight is 408 g/mol. The van der Waals surface area contributed by atoms with Gasteiger partial charge in [0.25, 0.3) is 0 Å². The fourth-order valence-corrected chi connectivity index (χ4v) is 3.26. The molecule has 0 aliphatic rings. The van der Waals surface area contributed by atoms with Crippen LogP contribution < -0.4 is 10.2 Å². The molecule has 0 bridgehead atoms. The van der Waals surface area contributed by atoms with Crippen LogP contribution in [0, 0.1) is 6.92 Å². The number of rotatable bonds is 5. The fourth-order valence-electron chi connectivity index (χ4n) is 3.08. The maximum Gasteiger partial charge on any atom is 0.307 e. The van der Waals surface area contributed by atoms with Gasteiger partial charge in [-0.25, -0.2) is 5.43 Å². The minimum Gasteiger partial charge on any atom is -0.497 e. The molecule has 4 aromatic rings. The molecular weight excluding hydrogens is 390 g/mol. The van der Waals surface area contributed by atoms with Gasteiger partial charge in [0.05, 0.1) is 19.0 Å². The lowest BCUT2D eigenvalue weighted by molar-refractivity contribution is 0.0929. The van der Waals surface area contributed by atoms with Crippen molar-refractivity contribution < 1.29 is 13.9 Å². The summed E-state index contributed by atoms with van der Waals surface area (Å²) < 4.78 is 12.8. The number of furan rings is 1. The Balaban J connectivity index is 1.52. The van der Waals surface area contributed by atoms with Gasteiger partial charge in [-0.15, -0.1) is 0 Å². The van der Waals surface area contributed by atoms with Gasteiger partial charge in [0, 0.05) is 21.8 Å². The zero-order valence-electron chi connectivity index (χ0n) is 15.8. The van der Waals surface area contributed by atoms with Gasteiger partial charge < -0.3 is 13.7 Å². The maximum absolute atomic E-state index is 12.3. The standard InChI is InChI=1S/C22H18ClN3O3/c1-14-3-5-18(26(14)17-6-8-19(28-2)9-7-17)13-24-25-22(27)21-12-15-11-16(23)4-10-20(15)29-21/h3-13H,1-2H3,(H,25,27)/b24-13+. The number of aryl methyl sites for hydroxylation is 1. The number of ether oxygens (including phenoxy) is 1. The summed E-state index contributed by atoms with van der Waals surface area (Å²) in [5, 5.41) is 5.42. The Kier molecular flexibility index (Phi) is 5.10. The lowest BCUT2D eigenvalue weighted by Gasteiger charge is -2.10. The number of hydrogen-bond donors (Lipinski definition) is 1. The molecule has 0 saturated carbocycles. The SMILES string of the molecule is COc1ccc(-n2c(C)ccc2/C=N/NC(=O)c2cc3cc(Cl)ccc3o2)cc1. The van der Waals surface area contributed by atoms with E-state index in [2.05, 4.69) is 10.5 Å². The van der Waals surface area contributed by atoms with Crippen LogP contribution in [0.15, 0.2) is 70.2 Å². The molecule has 29 heavy (non-hydrogen) atoms. The fraction of sp³-hybridized carbons (Fsp3) is 0.0909. The Labute approximate surface area is 172 Å². The van der Waals surface area contributed by atoms with Crippen LogP contribution >= 0.6 is 11.6 Å². The van der Waals surface area contributed by atoms with Crippen LogP contribution in [0.25, 0.3) is 16.7 Å². The van der Waals surface area contributed by atoms with Gasteiger partial charge in [-0.2, -0.15) is 5.10 Å². The van der Waals surface area contributed by atoms with Gasteiger partial charge in [0.2, 0.25) is 0 Å². The first-order chi connectivity index (χ1) is 14.0. The van der Waals surface area contributed by atoms with Crippen molar-refractivity contribution in [2.24, 2.45) is 5.10 Å². The van der Waals surface area contributed by atoms with Crippen LogP contribution in [0.1, 0.15) is 21.9 Å². The van der Waals surface area contributed by atoms with Crippen LogP contribution in [-0.4, -0.2) is 23.8 Å². The van der Waals surface area contributed by atoms with Gasteiger partial charge in [0.15, 0.2) is 5.76 Å². The highest BCUT2D eigenvalue weighted by Gasteiger charge is 2.12. The Morgan fingerprint density at radius 1 is 1.14 bits per heavy atom. The number of hydrogen-bond acceptors (Lipinski definition) is 4. The van der Waals surface area contributed by atoms with Gasteiger partial charge in [-0.3, -0.25) is 4.79 Å². The monoisotopic (exact) mass is 407 g/mol. The summed E-state index contributed by atoms with van der Waals surface area (Å²) in [4.78, 5) is 12.3. The summed E-state index contributed by atoms with van der Waals surface area (Å²) in [5.74, 6) is 0.516. The van der Waals surface area contributed by atoms with E-state index < -0.39 is 5.91 Å². The molecule has 1 N–H and O–H groups in total.